The lowest BCUT2D eigenvalue weighted by molar-refractivity contribution is -0.130. The molecule has 0 spiro atoms. The quantitative estimate of drug-likeness (QED) is 0.638. The predicted octanol–water partition coefficient (Wildman–Crippen LogP) is 3.48. The molecule has 1 fully saturated rings. The van der Waals surface area contributed by atoms with Gasteiger partial charge in [-0.05, 0) is 40.8 Å². The monoisotopic (exact) mass is 378 g/mol. The van der Waals surface area contributed by atoms with Crippen molar-refractivity contribution in [1.29, 1.82) is 0 Å². The summed E-state index contributed by atoms with van der Waals surface area (Å²) in [5, 5.41) is 2.24. The van der Waals surface area contributed by atoms with Crippen LogP contribution in [0.5, 0.6) is 5.75 Å². The molecule has 0 aliphatic carbocycles. The number of ether oxygens (including phenoxy) is 1. The summed E-state index contributed by atoms with van der Waals surface area (Å²) in [7, 11) is 1.56. The van der Waals surface area contributed by atoms with Gasteiger partial charge in [-0.1, -0.05) is 50.2 Å². The van der Waals surface area contributed by atoms with Crippen LogP contribution in [0, 0.1) is 0 Å². The second-order valence-corrected chi connectivity index (χ2v) is 6.88. The number of amides is 4. The third kappa shape index (κ3) is 4.11. The molecule has 0 saturated carbocycles. The highest BCUT2D eigenvalue weighted by Gasteiger charge is 2.35. The highest BCUT2D eigenvalue weighted by molar-refractivity contribution is 6.30. The number of benzene rings is 2. The molecule has 2 aromatic carbocycles. The lowest BCUT2D eigenvalue weighted by Gasteiger charge is -2.26. The normalized spacial score (nSPS) is 15.9. The maximum atomic E-state index is 12.8. The number of imide groups is 2. The van der Waals surface area contributed by atoms with Crippen LogP contribution in [-0.2, 0) is 16.1 Å². The first-order chi connectivity index (χ1) is 13.4. The van der Waals surface area contributed by atoms with E-state index in [0.717, 1.165) is 21.6 Å². The minimum Gasteiger partial charge on any atom is -0.497 e. The molecular formula is C22H22N2O4. The number of hydrogen-bond acceptors (Lipinski definition) is 4. The number of urea groups is 1. The van der Waals surface area contributed by atoms with E-state index in [4.69, 9.17) is 4.74 Å². The van der Waals surface area contributed by atoms with Crippen molar-refractivity contribution in [2.45, 2.75) is 26.3 Å². The third-order valence-electron chi connectivity index (χ3n) is 4.60. The molecule has 1 N–H and O–H groups in total. The Labute approximate surface area is 163 Å². The lowest BCUT2D eigenvalue weighted by atomic mass is 10.0. The van der Waals surface area contributed by atoms with Crippen molar-refractivity contribution in [2.24, 2.45) is 0 Å². The molecule has 3 rings (SSSR count). The van der Waals surface area contributed by atoms with Crippen LogP contribution >= 0.6 is 0 Å². The van der Waals surface area contributed by atoms with E-state index in [2.05, 4.69) is 19.2 Å². The van der Waals surface area contributed by atoms with Crippen LogP contribution in [-0.4, -0.2) is 29.9 Å². The van der Waals surface area contributed by atoms with E-state index in [9.17, 15) is 14.4 Å². The van der Waals surface area contributed by atoms with Crippen LogP contribution in [0.2, 0.25) is 0 Å². The van der Waals surface area contributed by atoms with Crippen molar-refractivity contribution in [3.05, 3.63) is 70.8 Å². The number of carbonyl (C=O) groups is 3. The van der Waals surface area contributed by atoms with Gasteiger partial charge in [0, 0.05) is 0 Å². The smallest absolute Gasteiger partial charge is 0.331 e. The van der Waals surface area contributed by atoms with Gasteiger partial charge in [0.1, 0.15) is 11.3 Å². The fourth-order valence-corrected chi connectivity index (χ4v) is 2.89. The maximum Gasteiger partial charge on any atom is 0.331 e. The molecule has 144 valence electrons. The highest BCUT2D eigenvalue weighted by Crippen LogP contribution is 2.20. The number of hydrogen-bond donors (Lipinski definition) is 1. The van der Waals surface area contributed by atoms with Gasteiger partial charge in [0.25, 0.3) is 11.8 Å². The van der Waals surface area contributed by atoms with Gasteiger partial charge in [-0.3, -0.25) is 19.8 Å². The van der Waals surface area contributed by atoms with E-state index in [1.807, 2.05) is 24.3 Å². The molecule has 6 heteroatoms. The Bertz CT molecular complexity index is 928. The summed E-state index contributed by atoms with van der Waals surface area (Å²) in [5.74, 6) is -0.232. The largest absolute Gasteiger partial charge is 0.497 e. The Morgan fingerprint density at radius 3 is 2.21 bits per heavy atom. The van der Waals surface area contributed by atoms with Gasteiger partial charge < -0.3 is 4.74 Å². The molecule has 1 heterocycles. The summed E-state index contributed by atoms with van der Waals surface area (Å²) in [4.78, 5) is 38.2. The van der Waals surface area contributed by atoms with Crippen molar-refractivity contribution in [1.82, 2.24) is 10.2 Å². The van der Waals surface area contributed by atoms with Crippen molar-refractivity contribution >= 4 is 23.9 Å². The van der Waals surface area contributed by atoms with Crippen molar-refractivity contribution in [3.8, 4) is 5.75 Å². The van der Waals surface area contributed by atoms with Gasteiger partial charge in [-0.25, -0.2) is 4.79 Å². The minimum atomic E-state index is -0.724. The zero-order valence-corrected chi connectivity index (χ0v) is 16.1. The first-order valence-corrected chi connectivity index (χ1v) is 9.01. The SMILES string of the molecule is COc1ccc(CN2C(=O)NC(=O)/C(=C\c3ccc(C(C)C)cc3)C2=O)cc1. The summed E-state index contributed by atoms with van der Waals surface area (Å²) < 4.78 is 5.11. The highest BCUT2D eigenvalue weighted by atomic mass is 16.5. The van der Waals surface area contributed by atoms with Crippen molar-refractivity contribution < 1.29 is 19.1 Å². The Morgan fingerprint density at radius 2 is 1.64 bits per heavy atom. The van der Waals surface area contributed by atoms with E-state index in [1.54, 1.807) is 31.4 Å². The topological polar surface area (TPSA) is 75.7 Å². The van der Waals surface area contributed by atoms with E-state index in [-0.39, 0.29) is 12.1 Å². The molecule has 0 atom stereocenters. The van der Waals surface area contributed by atoms with Crippen LogP contribution in [0.4, 0.5) is 4.79 Å². The molecule has 0 bridgehead atoms. The number of carbonyl (C=O) groups excluding carboxylic acids is 3. The molecule has 1 aliphatic rings. The Kier molecular flexibility index (Phi) is 5.59. The fourth-order valence-electron chi connectivity index (χ4n) is 2.89. The summed E-state index contributed by atoms with van der Waals surface area (Å²) in [6.45, 7) is 4.24. The minimum absolute atomic E-state index is 0.0611. The molecule has 0 radical (unpaired) electrons. The summed E-state index contributed by atoms with van der Waals surface area (Å²) in [6.07, 6.45) is 1.51. The van der Waals surface area contributed by atoms with Gasteiger partial charge in [-0.2, -0.15) is 0 Å². The molecule has 0 aromatic heterocycles. The second kappa shape index (κ2) is 8.08. The molecule has 6 nitrogen and oxygen atoms in total. The molecular weight excluding hydrogens is 356 g/mol. The van der Waals surface area contributed by atoms with Crippen LogP contribution in [0.15, 0.2) is 54.1 Å². The molecule has 1 saturated heterocycles. The molecule has 28 heavy (non-hydrogen) atoms. The van der Waals surface area contributed by atoms with Crippen LogP contribution in [0.3, 0.4) is 0 Å². The van der Waals surface area contributed by atoms with Gasteiger partial charge in [0.05, 0.1) is 13.7 Å². The van der Waals surface area contributed by atoms with Crippen molar-refractivity contribution in [3.63, 3.8) is 0 Å². The standard InChI is InChI=1S/C22H22N2O4/c1-14(2)17-8-4-15(5-9-17)12-19-20(25)23-22(27)24(21(19)26)13-16-6-10-18(28-3)11-7-16/h4-12,14H,13H2,1-3H3,(H,23,25,27)/b19-12+. The van der Waals surface area contributed by atoms with Gasteiger partial charge >= 0.3 is 6.03 Å². The van der Waals surface area contributed by atoms with Crippen LogP contribution in [0.25, 0.3) is 6.08 Å². The van der Waals surface area contributed by atoms with E-state index < -0.39 is 17.8 Å². The number of barbiturate groups is 1. The summed E-state index contributed by atoms with van der Waals surface area (Å²) in [6, 6.07) is 13.9. The predicted molar refractivity (Wildman–Crippen MR) is 106 cm³/mol. The summed E-state index contributed by atoms with van der Waals surface area (Å²) in [5.41, 5.74) is 2.57. The van der Waals surface area contributed by atoms with Crippen LogP contribution in [0.1, 0.15) is 36.5 Å². The van der Waals surface area contributed by atoms with E-state index in [1.165, 1.54) is 6.08 Å². The van der Waals surface area contributed by atoms with E-state index >= 15 is 0 Å². The fraction of sp³-hybridized carbons (Fsp3) is 0.227. The Hall–Kier alpha value is -3.41. The molecule has 1 aliphatic heterocycles. The average molecular weight is 378 g/mol. The van der Waals surface area contributed by atoms with Crippen LogP contribution < -0.4 is 10.1 Å². The zero-order valence-electron chi connectivity index (χ0n) is 16.1. The molecule has 2 aromatic rings. The lowest BCUT2D eigenvalue weighted by Crippen LogP contribution is -2.53. The Morgan fingerprint density at radius 1 is 1.00 bits per heavy atom. The first kappa shape index (κ1) is 19.4. The zero-order chi connectivity index (χ0) is 20.3. The second-order valence-electron chi connectivity index (χ2n) is 6.88. The first-order valence-electron chi connectivity index (χ1n) is 9.01. The third-order valence-corrected chi connectivity index (χ3v) is 4.60. The Balaban J connectivity index is 1.84. The number of nitrogens with zero attached hydrogens (tertiary/aromatic N) is 1. The van der Waals surface area contributed by atoms with Gasteiger partial charge in [0.2, 0.25) is 0 Å². The molecule has 0 unspecified atom stereocenters. The molecule has 4 amide bonds. The number of methoxy groups -OCH3 is 1. The average Bonchev–Trinajstić information content (AvgIpc) is 2.69. The summed E-state index contributed by atoms with van der Waals surface area (Å²) >= 11 is 0. The number of nitrogens with one attached hydrogen (secondary N) is 1. The number of rotatable bonds is 5. The van der Waals surface area contributed by atoms with Crippen molar-refractivity contribution in [2.75, 3.05) is 7.11 Å². The van der Waals surface area contributed by atoms with E-state index in [0.29, 0.717) is 11.7 Å². The van der Waals surface area contributed by atoms with Gasteiger partial charge in [-0.15, -0.1) is 0 Å². The van der Waals surface area contributed by atoms with Gasteiger partial charge in [0.15, 0.2) is 0 Å². The maximum absolute atomic E-state index is 12.8.